The monoisotopic (exact) mass is 378 g/mol. The predicted octanol–water partition coefficient (Wildman–Crippen LogP) is 3.88. The van der Waals surface area contributed by atoms with E-state index in [0.717, 1.165) is 16.8 Å². The lowest BCUT2D eigenvalue weighted by atomic mass is 10.1. The van der Waals surface area contributed by atoms with Crippen LogP contribution in [0.5, 0.6) is 5.75 Å². The highest BCUT2D eigenvalue weighted by atomic mass is 19.1. The molecule has 1 aromatic heterocycles. The summed E-state index contributed by atoms with van der Waals surface area (Å²) < 4.78 is 18.3. The van der Waals surface area contributed by atoms with Gasteiger partial charge in [-0.25, -0.2) is 19.2 Å². The van der Waals surface area contributed by atoms with Crippen molar-refractivity contribution in [1.82, 2.24) is 14.9 Å². The fourth-order valence-electron chi connectivity index (χ4n) is 3.13. The zero-order valence-electron chi connectivity index (χ0n) is 15.4. The lowest BCUT2D eigenvalue weighted by Gasteiger charge is -2.28. The Labute approximate surface area is 162 Å². The highest BCUT2D eigenvalue weighted by Gasteiger charge is 2.22. The van der Waals surface area contributed by atoms with E-state index in [4.69, 9.17) is 4.74 Å². The van der Waals surface area contributed by atoms with Gasteiger partial charge >= 0.3 is 6.03 Å². The van der Waals surface area contributed by atoms with Crippen LogP contribution in [0.3, 0.4) is 0 Å². The van der Waals surface area contributed by atoms with E-state index in [0.29, 0.717) is 36.8 Å². The molecule has 3 aromatic rings. The van der Waals surface area contributed by atoms with E-state index in [9.17, 15) is 9.18 Å². The Morgan fingerprint density at radius 3 is 2.82 bits per heavy atom. The van der Waals surface area contributed by atoms with Gasteiger partial charge in [-0.15, -0.1) is 0 Å². The van der Waals surface area contributed by atoms with Crippen LogP contribution in [-0.4, -0.2) is 34.6 Å². The summed E-state index contributed by atoms with van der Waals surface area (Å²) in [6.07, 6.45) is 2.38. The summed E-state index contributed by atoms with van der Waals surface area (Å²) >= 11 is 0. The predicted molar refractivity (Wildman–Crippen MR) is 104 cm³/mol. The maximum Gasteiger partial charge on any atom is 0.322 e. The first-order chi connectivity index (χ1) is 13.6. The molecule has 28 heavy (non-hydrogen) atoms. The van der Waals surface area contributed by atoms with Gasteiger partial charge in [-0.3, -0.25) is 0 Å². The molecule has 0 bridgehead atoms. The number of aromatic nitrogens is 2. The molecule has 1 aliphatic rings. The van der Waals surface area contributed by atoms with Crippen LogP contribution in [0, 0.1) is 5.82 Å². The molecule has 1 N–H and O–H groups in total. The summed E-state index contributed by atoms with van der Waals surface area (Å²) in [6, 6.07) is 13.2. The second kappa shape index (κ2) is 7.64. The Morgan fingerprint density at radius 2 is 2.04 bits per heavy atom. The summed E-state index contributed by atoms with van der Waals surface area (Å²) in [5.74, 6) is 0.955. The summed E-state index contributed by atoms with van der Waals surface area (Å²) in [5, 5.41) is 2.89. The zero-order valence-corrected chi connectivity index (χ0v) is 15.4. The summed E-state index contributed by atoms with van der Waals surface area (Å²) in [6.45, 7) is 0.998. The first-order valence-corrected chi connectivity index (χ1v) is 8.93. The summed E-state index contributed by atoms with van der Waals surface area (Å²) in [4.78, 5) is 23.3. The van der Waals surface area contributed by atoms with Gasteiger partial charge < -0.3 is 15.0 Å². The highest BCUT2D eigenvalue weighted by molar-refractivity contribution is 5.89. The smallest absolute Gasteiger partial charge is 0.322 e. The van der Waals surface area contributed by atoms with Crippen molar-refractivity contribution in [3.05, 3.63) is 71.8 Å². The minimum atomic E-state index is -0.292. The van der Waals surface area contributed by atoms with Crippen molar-refractivity contribution in [3.63, 3.8) is 0 Å². The van der Waals surface area contributed by atoms with E-state index >= 15 is 0 Å². The molecule has 4 rings (SSSR count). The van der Waals surface area contributed by atoms with Crippen molar-refractivity contribution in [2.24, 2.45) is 0 Å². The number of rotatable bonds is 3. The molecular formula is C21H19FN4O2. The van der Waals surface area contributed by atoms with E-state index < -0.39 is 0 Å². The molecule has 0 saturated heterocycles. The van der Waals surface area contributed by atoms with Crippen molar-refractivity contribution in [3.8, 4) is 17.1 Å². The van der Waals surface area contributed by atoms with Gasteiger partial charge in [-0.1, -0.05) is 6.07 Å². The molecule has 0 saturated carbocycles. The van der Waals surface area contributed by atoms with Gasteiger partial charge in [0.1, 0.15) is 11.6 Å². The molecular weight excluding hydrogens is 359 g/mol. The van der Waals surface area contributed by atoms with E-state index in [1.807, 2.05) is 18.2 Å². The Bertz CT molecular complexity index is 1010. The molecule has 0 atom stereocenters. The van der Waals surface area contributed by atoms with Crippen LogP contribution in [0.15, 0.2) is 54.7 Å². The quantitative estimate of drug-likeness (QED) is 0.751. The van der Waals surface area contributed by atoms with E-state index in [-0.39, 0.29) is 11.8 Å². The first kappa shape index (κ1) is 17.9. The number of hydrogen-bond acceptors (Lipinski definition) is 4. The molecule has 0 radical (unpaired) electrons. The number of urea groups is 1. The van der Waals surface area contributed by atoms with Crippen molar-refractivity contribution in [2.75, 3.05) is 19.0 Å². The molecule has 2 heterocycles. The molecule has 0 unspecified atom stereocenters. The Balaban J connectivity index is 1.47. The molecule has 2 aromatic carbocycles. The van der Waals surface area contributed by atoms with Crippen LogP contribution in [0.1, 0.15) is 11.3 Å². The summed E-state index contributed by atoms with van der Waals surface area (Å²) in [5.41, 5.74) is 3.28. The molecule has 1 aliphatic heterocycles. The van der Waals surface area contributed by atoms with E-state index in [1.165, 1.54) is 12.1 Å². The van der Waals surface area contributed by atoms with Gasteiger partial charge in [-0.05, 0) is 36.4 Å². The molecule has 0 fully saturated rings. The number of ether oxygens (including phenoxy) is 1. The van der Waals surface area contributed by atoms with Crippen molar-refractivity contribution < 1.29 is 13.9 Å². The first-order valence-electron chi connectivity index (χ1n) is 8.93. The van der Waals surface area contributed by atoms with E-state index in [2.05, 4.69) is 15.3 Å². The highest BCUT2D eigenvalue weighted by Crippen LogP contribution is 2.22. The molecule has 0 aliphatic carbocycles. The lowest BCUT2D eigenvalue weighted by Crippen LogP contribution is -2.39. The van der Waals surface area contributed by atoms with Gasteiger partial charge in [0, 0.05) is 42.0 Å². The molecule has 0 spiro atoms. The maximum atomic E-state index is 13.1. The minimum Gasteiger partial charge on any atom is -0.497 e. The van der Waals surface area contributed by atoms with Crippen LogP contribution < -0.4 is 10.1 Å². The maximum absolute atomic E-state index is 13.1. The topological polar surface area (TPSA) is 67.3 Å². The molecule has 7 heteroatoms. The molecule has 142 valence electrons. The number of nitrogens with zero attached hydrogens (tertiary/aromatic N) is 3. The van der Waals surface area contributed by atoms with Gasteiger partial charge in [0.25, 0.3) is 0 Å². The summed E-state index contributed by atoms with van der Waals surface area (Å²) in [7, 11) is 1.59. The number of carbonyl (C=O) groups excluding carboxylic acids is 1. The van der Waals surface area contributed by atoms with Crippen LogP contribution in [0.25, 0.3) is 11.4 Å². The number of anilines is 1. The van der Waals surface area contributed by atoms with Gasteiger partial charge in [-0.2, -0.15) is 0 Å². The number of nitrogens with one attached hydrogen (secondary N) is 1. The van der Waals surface area contributed by atoms with Crippen molar-refractivity contribution >= 4 is 11.7 Å². The number of fused-ring (bicyclic) bond motifs is 1. The third-order valence-corrected chi connectivity index (χ3v) is 4.64. The average Bonchev–Trinajstić information content (AvgIpc) is 2.73. The third kappa shape index (κ3) is 3.78. The number of amides is 2. The standard InChI is InChI=1S/C21H19FN4O2/c1-28-18-4-2-3-17(11-18)24-21(27)26-10-9-19-15(13-26)12-23-20(25-19)14-5-7-16(22)8-6-14/h2-8,11-12H,9-10,13H2,1H3,(H,24,27). The van der Waals surface area contributed by atoms with Crippen LogP contribution in [-0.2, 0) is 13.0 Å². The van der Waals surface area contributed by atoms with Crippen LogP contribution >= 0.6 is 0 Å². The fraction of sp³-hybridized carbons (Fsp3) is 0.190. The van der Waals surface area contributed by atoms with Crippen LogP contribution in [0.4, 0.5) is 14.9 Å². The Morgan fingerprint density at radius 1 is 1.21 bits per heavy atom. The number of hydrogen-bond donors (Lipinski definition) is 1. The van der Waals surface area contributed by atoms with Crippen molar-refractivity contribution in [1.29, 1.82) is 0 Å². The van der Waals surface area contributed by atoms with Crippen LogP contribution in [0.2, 0.25) is 0 Å². The number of halogens is 1. The second-order valence-electron chi connectivity index (χ2n) is 6.51. The normalized spacial score (nSPS) is 13.0. The Kier molecular flexibility index (Phi) is 4.89. The van der Waals surface area contributed by atoms with Crippen molar-refractivity contribution in [2.45, 2.75) is 13.0 Å². The largest absolute Gasteiger partial charge is 0.497 e. The third-order valence-electron chi connectivity index (χ3n) is 4.64. The fourth-order valence-corrected chi connectivity index (χ4v) is 3.13. The minimum absolute atomic E-state index is 0.179. The van der Waals surface area contributed by atoms with Gasteiger partial charge in [0.05, 0.1) is 19.3 Å². The number of methoxy groups -OCH3 is 1. The van der Waals surface area contributed by atoms with Gasteiger partial charge in [0.2, 0.25) is 0 Å². The molecule has 6 nitrogen and oxygen atoms in total. The Hall–Kier alpha value is -3.48. The van der Waals surface area contributed by atoms with E-state index in [1.54, 1.807) is 36.4 Å². The SMILES string of the molecule is COc1cccc(NC(=O)N2CCc3nc(-c4ccc(F)cc4)ncc3C2)c1. The zero-order chi connectivity index (χ0) is 19.5. The average molecular weight is 378 g/mol. The second-order valence-corrected chi connectivity index (χ2v) is 6.51. The lowest BCUT2D eigenvalue weighted by molar-refractivity contribution is 0.206. The molecule has 2 amide bonds. The number of carbonyl (C=O) groups is 1. The number of benzene rings is 2. The van der Waals surface area contributed by atoms with Gasteiger partial charge in [0.15, 0.2) is 5.82 Å².